The van der Waals surface area contributed by atoms with Crippen LogP contribution in [-0.2, 0) is 6.54 Å². The third-order valence-electron chi connectivity index (χ3n) is 3.44. The largest absolute Gasteiger partial charge is 0.320 e. The van der Waals surface area contributed by atoms with Crippen LogP contribution in [0.3, 0.4) is 0 Å². The Morgan fingerprint density at radius 1 is 1.42 bits per heavy atom. The van der Waals surface area contributed by atoms with Crippen molar-refractivity contribution in [2.24, 2.45) is 11.7 Å². The van der Waals surface area contributed by atoms with E-state index in [4.69, 9.17) is 5.73 Å². The van der Waals surface area contributed by atoms with E-state index in [0.29, 0.717) is 18.7 Å². The highest BCUT2D eigenvalue weighted by molar-refractivity contribution is 5.37. The molecule has 0 aliphatic heterocycles. The number of benzene rings is 1. The van der Waals surface area contributed by atoms with Crippen molar-refractivity contribution in [3.05, 3.63) is 35.1 Å². The van der Waals surface area contributed by atoms with Crippen LogP contribution in [0.2, 0.25) is 0 Å². The van der Waals surface area contributed by atoms with E-state index in [9.17, 15) is 4.39 Å². The molecule has 1 aromatic rings. The first-order valence-corrected chi connectivity index (χ1v) is 6.92. The highest BCUT2D eigenvalue weighted by atomic mass is 19.1. The molecular weight excluding hydrogens is 239 g/mol. The summed E-state index contributed by atoms with van der Waals surface area (Å²) >= 11 is 0. The third kappa shape index (κ3) is 4.34. The number of nitrogens with zero attached hydrogens (tertiary/aromatic N) is 1. The van der Waals surface area contributed by atoms with Gasteiger partial charge in [0.1, 0.15) is 5.82 Å². The molecule has 1 aliphatic carbocycles. The van der Waals surface area contributed by atoms with Crippen molar-refractivity contribution in [1.82, 2.24) is 4.90 Å². The quantitative estimate of drug-likeness (QED) is 0.824. The highest BCUT2D eigenvalue weighted by Gasteiger charge is 2.23. The molecule has 2 N–H and O–H groups in total. The molecule has 2 rings (SSSR count). The lowest BCUT2D eigenvalue weighted by Crippen LogP contribution is -2.25. The molecule has 0 amide bonds. The van der Waals surface area contributed by atoms with Crippen LogP contribution in [0.5, 0.6) is 0 Å². The zero-order valence-corrected chi connectivity index (χ0v) is 11.5. The van der Waals surface area contributed by atoms with Crippen molar-refractivity contribution >= 4 is 0 Å². The van der Waals surface area contributed by atoms with Crippen LogP contribution in [0.25, 0.3) is 0 Å². The van der Waals surface area contributed by atoms with Crippen LogP contribution >= 0.6 is 0 Å². The van der Waals surface area contributed by atoms with Crippen LogP contribution in [0.1, 0.15) is 30.9 Å². The Morgan fingerprint density at radius 3 is 2.79 bits per heavy atom. The lowest BCUT2D eigenvalue weighted by Gasteiger charge is -2.20. The van der Waals surface area contributed by atoms with Crippen LogP contribution in [0, 0.1) is 23.6 Å². The highest BCUT2D eigenvalue weighted by Crippen LogP contribution is 2.30. The van der Waals surface area contributed by atoms with Crippen molar-refractivity contribution < 1.29 is 4.39 Å². The van der Waals surface area contributed by atoms with Crippen molar-refractivity contribution in [2.75, 3.05) is 19.6 Å². The molecule has 3 heteroatoms. The smallest absolute Gasteiger partial charge is 0.128 e. The first-order chi connectivity index (χ1) is 9.22. The van der Waals surface area contributed by atoms with Crippen molar-refractivity contribution in [1.29, 1.82) is 0 Å². The van der Waals surface area contributed by atoms with Crippen LogP contribution in [0.15, 0.2) is 18.2 Å². The normalized spacial score (nSPS) is 14.3. The lowest BCUT2D eigenvalue weighted by atomic mass is 10.1. The molecule has 0 radical (unpaired) electrons. The zero-order valence-electron chi connectivity index (χ0n) is 11.5. The second kappa shape index (κ2) is 6.70. The van der Waals surface area contributed by atoms with E-state index < -0.39 is 0 Å². The SMILES string of the molecule is CCN(Cc1ccc(C#CCN)cc1F)CC1CC1. The minimum absolute atomic E-state index is 0.168. The van der Waals surface area contributed by atoms with E-state index in [-0.39, 0.29) is 5.82 Å². The number of rotatable bonds is 5. The zero-order chi connectivity index (χ0) is 13.7. The molecule has 1 saturated carbocycles. The fourth-order valence-corrected chi connectivity index (χ4v) is 2.12. The number of nitrogens with two attached hydrogens (primary N) is 1. The molecular formula is C16H21FN2. The Balaban J connectivity index is 2.02. The summed E-state index contributed by atoms with van der Waals surface area (Å²) < 4.78 is 14.0. The van der Waals surface area contributed by atoms with E-state index in [1.807, 2.05) is 12.1 Å². The van der Waals surface area contributed by atoms with Crippen molar-refractivity contribution in [3.63, 3.8) is 0 Å². The van der Waals surface area contributed by atoms with E-state index in [0.717, 1.165) is 24.6 Å². The molecule has 0 spiro atoms. The van der Waals surface area contributed by atoms with Gasteiger partial charge in [0.25, 0.3) is 0 Å². The molecule has 0 aromatic heterocycles. The Labute approximate surface area is 114 Å². The van der Waals surface area contributed by atoms with Crippen LogP contribution < -0.4 is 5.73 Å². The molecule has 1 fully saturated rings. The minimum Gasteiger partial charge on any atom is -0.320 e. The standard InChI is InChI=1S/C16H21FN2/c1-2-19(11-14-5-6-14)12-15-8-7-13(4-3-9-18)10-16(15)17/h7-8,10,14H,2,5-6,9,11-12,18H2,1H3. The van der Waals surface area contributed by atoms with Gasteiger partial charge in [-0.05, 0) is 37.4 Å². The van der Waals surface area contributed by atoms with Gasteiger partial charge in [-0.25, -0.2) is 4.39 Å². The summed E-state index contributed by atoms with van der Waals surface area (Å²) in [5, 5.41) is 0. The molecule has 0 heterocycles. The molecule has 0 atom stereocenters. The second-order valence-electron chi connectivity index (χ2n) is 5.08. The van der Waals surface area contributed by atoms with Gasteiger partial charge in [-0.1, -0.05) is 24.8 Å². The number of hydrogen-bond acceptors (Lipinski definition) is 2. The summed E-state index contributed by atoms with van der Waals surface area (Å²) in [6, 6.07) is 5.21. The molecule has 19 heavy (non-hydrogen) atoms. The predicted octanol–water partition coefficient (Wildman–Crippen LogP) is 2.37. The molecule has 0 saturated heterocycles. The van der Waals surface area contributed by atoms with Crippen LogP contribution in [0.4, 0.5) is 4.39 Å². The van der Waals surface area contributed by atoms with Crippen LogP contribution in [-0.4, -0.2) is 24.5 Å². The first-order valence-electron chi connectivity index (χ1n) is 6.92. The fraction of sp³-hybridized carbons (Fsp3) is 0.500. The van der Waals surface area contributed by atoms with Gasteiger partial charge in [-0.15, -0.1) is 0 Å². The molecule has 1 aromatic carbocycles. The summed E-state index contributed by atoms with van der Waals surface area (Å²) in [7, 11) is 0. The Morgan fingerprint density at radius 2 is 2.21 bits per heavy atom. The molecule has 0 unspecified atom stereocenters. The first kappa shape index (κ1) is 14.0. The molecule has 1 aliphatic rings. The molecule has 0 bridgehead atoms. The Bertz CT molecular complexity index is 483. The van der Waals surface area contributed by atoms with Crippen molar-refractivity contribution in [3.8, 4) is 11.8 Å². The average molecular weight is 260 g/mol. The Hall–Kier alpha value is -1.37. The number of halogens is 1. The molecule has 2 nitrogen and oxygen atoms in total. The fourth-order valence-electron chi connectivity index (χ4n) is 2.12. The van der Waals surface area contributed by atoms with E-state index in [1.165, 1.54) is 18.9 Å². The maximum atomic E-state index is 14.0. The summed E-state index contributed by atoms with van der Waals surface area (Å²) in [4.78, 5) is 2.31. The van der Waals surface area contributed by atoms with Gasteiger partial charge in [0.05, 0.1) is 6.54 Å². The van der Waals surface area contributed by atoms with Gasteiger partial charge in [0, 0.05) is 24.2 Å². The number of hydrogen-bond donors (Lipinski definition) is 1. The third-order valence-corrected chi connectivity index (χ3v) is 3.44. The second-order valence-corrected chi connectivity index (χ2v) is 5.08. The van der Waals surface area contributed by atoms with Gasteiger partial charge >= 0.3 is 0 Å². The predicted molar refractivity (Wildman–Crippen MR) is 76.0 cm³/mol. The monoisotopic (exact) mass is 260 g/mol. The maximum absolute atomic E-state index is 14.0. The maximum Gasteiger partial charge on any atom is 0.128 e. The van der Waals surface area contributed by atoms with E-state index in [1.54, 1.807) is 0 Å². The summed E-state index contributed by atoms with van der Waals surface area (Å²) in [6.45, 7) is 5.16. The lowest BCUT2D eigenvalue weighted by molar-refractivity contribution is 0.264. The average Bonchev–Trinajstić information content (AvgIpc) is 3.22. The van der Waals surface area contributed by atoms with Gasteiger partial charge in [0.15, 0.2) is 0 Å². The van der Waals surface area contributed by atoms with Gasteiger partial charge in [-0.3, -0.25) is 4.90 Å². The van der Waals surface area contributed by atoms with Gasteiger partial charge < -0.3 is 5.73 Å². The summed E-state index contributed by atoms with van der Waals surface area (Å²) in [5.74, 6) is 6.25. The summed E-state index contributed by atoms with van der Waals surface area (Å²) in [5.41, 5.74) is 6.75. The van der Waals surface area contributed by atoms with E-state index >= 15 is 0 Å². The van der Waals surface area contributed by atoms with Gasteiger partial charge in [0.2, 0.25) is 0 Å². The topological polar surface area (TPSA) is 29.3 Å². The summed E-state index contributed by atoms with van der Waals surface area (Å²) in [6.07, 6.45) is 2.65. The van der Waals surface area contributed by atoms with Gasteiger partial charge in [-0.2, -0.15) is 0 Å². The molecule has 102 valence electrons. The Kier molecular flexibility index (Phi) is 4.95. The van der Waals surface area contributed by atoms with E-state index in [2.05, 4.69) is 23.7 Å². The minimum atomic E-state index is -0.168. The van der Waals surface area contributed by atoms with Crippen molar-refractivity contribution in [2.45, 2.75) is 26.3 Å².